The summed E-state index contributed by atoms with van der Waals surface area (Å²) in [5, 5.41) is 21.8. The average molecular weight is 281 g/mol. The van der Waals surface area contributed by atoms with Crippen LogP contribution in [0.15, 0.2) is 24.3 Å². The summed E-state index contributed by atoms with van der Waals surface area (Å²) in [6.07, 6.45) is 0.851. The van der Waals surface area contributed by atoms with Gasteiger partial charge in [0, 0.05) is 6.04 Å². The van der Waals surface area contributed by atoms with Gasteiger partial charge in [-0.15, -0.1) is 0 Å². The number of carbonyl (C=O) groups is 1. The van der Waals surface area contributed by atoms with Crippen molar-refractivity contribution in [3.63, 3.8) is 0 Å². The zero-order valence-electron chi connectivity index (χ0n) is 12.0. The number of ether oxygens (including phenoxy) is 1. The summed E-state index contributed by atoms with van der Waals surface area (Å²) in [4.78, 5) is 10.6. The van der Waals surface area contributed by atoms with Gasteiger partial charge in [-0.1, -0.05) is 26.0 Å². The molecule has 0 aliphatic heterocycles. The number of hydrogen-bond donors (Lipinski definition) is 3. The largest absolute Gasteiger partial charge is 0.494 e. The standard InChI is InChI=1S/C15H23NO4/c1-3-9-20-12-7-5-11(6-8-12)15(19)13(4-2)16-10-14(17)18/h5-8,13,15-16,19H,3-4,9-10H2,1-2H3,(H,17,18). The van der Waals surface area contributed by atoms with E-state index in [0.717, 1.165) is 17.7 Å². The van der Waals surface area contributed by atoms with Gasteiger partial charge in [0.25, 0.3) is 0 Å². The van der Waals surface area contributed by atoms with Gasteiger partial charge in [0.1, 0.15) is 5.75 Å². The Labute approximate surface area is 119 Å². The molecular formula is C15H23NO4. The van der Waals surface area contributed by atoms with Crippen LogP contribution in [0.1, 0.15) is 38.4 Å². The van der Waals surface area contributed by atoms with Crippen molar-refractivity contribution < 1.29 is 19.7 Å². The molecule has 112 valence electrons. The molecule has 0 aliphatic carbocycles. The maximum absolute atomic E-state index is 10.6. The van der Waals surface area contributed by atoms with Gasteiger partial charge >= 0.3 is 5.97 Å². The summed E-state index contributed by atoms with van der Waals surface area (Å²) in [5.41, 5.74) is 0.749. The lowest BCUT2D eigenvalue weighted by molar-refractivity contribution is -0.136. The van der Waals surface area contributed by atoms with Crippen molar-refractivity contribution in [2.45, 2.75) is 38.8 Å². The Balaban J connectivity index is 2.64. The van der Waals surface area contributed by atoms with E-state index in [1.54, 1.807) is 12.1 Å². The summed E-state index contributed by atoms with van der Waals surface area (Å²) in [6.45, 7) is 4.45. The molecule has 20 heavy (non-hydrogen) atoms. The number of rotatable bonds is 9. The first-order valence-corrected chi connectivity index (χ1v) is 6.94. The van der Waals surface area contributed by atoms with Gasteiger partial charge in [-0.3, -0.25) is 4.79 Å². The van der Waals surface area contributed by atoms with E-state index in [1.165, 1.54) is 0 Å². The summed E-state index contributed by atoms with van der Waals surface area (Å²) >= 11 is 0. The molecule has 0 fully saturated rings. The minimum absolute atomic E-state index is 0.159. The molecule has 1 aromatic rings. The fraction of sp³-hybridized carbons (Fsp3) is 0.533. The van der Waals surface area contributed by atoms with Gasteiger partial charge in [0.2, 0.25) is 0 Å². The molecule has 0 amide bonds. The van der Waals surface area contributed by atoms with E-state index in [2.05, 4.69) is 5.32 Å². The van der Waals surface area contributed by atoms with Crippen LogP contribution in [0.5, 0.6) is 5.75 Å². The predicted molar refractivity (Wildman–Crippen MR) is 76.9 cm³/mol. The highest BCUT2D eigenvalue weighted by Crippen LogP contribution is 2.21. The molecule has 3 N–H and O–H groups in total. The lowest BCUT2D eigenvalue weighted by Gasteiger charge is -2.22. The molecule has 0 saturated carbocycles. The van der Waals surface area contributed by atoms with Gasteiger partial charge in [-0.05, 0) is 30.5 Å². The highest BCUT2D eigenvalue weighted by atomic mass is 16.5. The molecule has 5 heteroatoms. The Morgan fingerprint density at radius 2 is 1.95 bits per heavy atom. The van der Waals surface area contributed by atoms with Crippen LogP contribution >= 0.6 is 0 Å². The van der Waals surface area contributed by atoms with E-state index in [1.807, 2.05) is 26.0 Å². The molecule has 0 spiro atoms. The Hall–Kier alpha value is -1.59. The maximum atomic E-state index is 10.6. The van der Waals surface area contributed by atoms with Crippen LogP contribution in [-0.2, 0) is 4.79 Å². The zero-order chi connectivity index (χ0) is 15.0. The van der Waals surface area contributed by atoms with Crippen molar-refractivity contribution >= 4 is 5.97 Å². The summed E-state index contributed by atoms with van der Waals surface area (Å²) in [5.74, 6) is -0.159. The quantitative estimate of drug-likeness (QED) is 0.645. The molecule has 1 aromatic carbocycles. The Kier molecular flexibility index (Phi) is 7.04. The predicted octanol–water partition coefficient (Wildman–Crippen LogP) is 1.96. The molecule has 1 rings (SSSR count). The van der Waals surface area contributed by atoms with E-state index >= 15 is 0 Å². The van der Waals surface area contributed by atoms with Crippen molar-refractivity contribution in [2.24, 2.45) is 0 Å². The van der Waals surface area contributed by atoms with E-state index in [-0.39, 0.29) is 12.6 Å². The third kappa shape index (κ3) is 5.19. The molecule has 0 aliphatic rings. The van der Waals surface area contributed by atoms with Crippen LogP contribution in [0.25, 0.3) is 0 Å². The number of aliphatic hydroxyl groups is 1. The fourth-order valence-electron chi connectivity index (χ4n) is 1.91. The summed E-state index contributed by atoms with van der Waals surface area (Å²) < 4.78 is 5.48. The van der Waals surface area contributed by atoms with Gasteiger partial charge in [0.15, 0.2) is 0 Å². The Morgan fingerprint density at radius 3 is 2.45 bits per heavy atom. The summed E-state index contributed by atoms with van der Waals surface area (Å²) in [7, 11) is 0. The second-order valence-electron chi connectivity index (χ2n) is 4.65. The summed E-state index contributed by atoms with van der Waals surface area (Å²) in [6, 6.07) is 6.96. The van der Waals surface area contributed by atoms with Crippen LogP contribution in [0, 0.1) is 0 Å². The van der Waals surface area contributed by atoms with Crippen molar-refractivity contribution in [1.82, 2.24) is 5.32 Å². The van der Waals surface area contributed by atoms with Crippen LogP contribution in [0.3, 0.4) is 0 Å². The van der Waals surface area contributed by atoms with Crippen molar-refractivity contribution in [3.8, 4) is 5.75 Å². The molecule has 0 radical (unpaired) electrons. The number of carboxylic acids is 1. The minimum Gasteiger partial charge on any atom is -0.494 e. The highest BCUT2D eigenvalue weighted by molar-refractivity contribution is 5.69. The number of aliphatic carboxylic acids is 1. The van der Waals surface area contributed by atoms with Gasteiger partial charge in [-0.25, -0.2) is 0 Å². The van der Waals surface area contributed by atoms with Crippen LogP contribution < -0.4 is 10.1 Å². The van der Waals surface area contributed by atoms with E-state index in [0.29, 0.717) is 13.0 Å². The third-order valence-electron chi connectivity index (χ3n) is 3.03. The van der Waals surface area contributed by atoms with E-state index in [4.69, 9.17) is 9.84 Å². The molecule has 0 bridgehead atoms. The number of nitrogens with one attached hydrogen (secondary N) is 1. The first-order valence-electron chi connectivity index (χ1n) is 6.94. The van der Waals surface area contributed by atoms with E-state index in [9.17, 15) is 9.90 Å². The van der Waals surface area contributed by atoms with Crippen LogP contribution in [0.4, 0.5) is 0 Å². The SMILES string of the molecule is CCCOc1ccc(C(O)C(CC)NCC(=O)O)cc1. The lowest BCUT2D eigenvalue weighted by Crippen LogP contribution is -2.37. The second-order valence-corrected chi connectivity index (χ2v) is 4.65. The maximum Gasteiger partial charge on any atom is 0.317 e. The van der Waals surface area contributed by atoms with Crippen molar-refractivity contribution in [2.75, 3.05) is 13.2 Å². The highest BCUT2D eigenvalue weighted by Gasteiger charge is 2.19. The second kappa shape index (κ2) is 8.55. The van der Waals surface area contributed by atoms with Gasteiger partial charge in [0.05, 0.1) is 19.3 Å². The monoisotopic (exact) mass is 281 g/mol. The van der Waals surface area contributed by atoms with Crippen LogP contribution in [-0.4, -0.2) is 35.4 Å². The first kappa shape index (κ1) is 16.5. The average Bonchev–Trinajstić information content (AvgIpc) is 2.45. The number of benzene rings is 1. The Morgan fingerprint density at radius 1 is 1.30 bits per heavy atom. The molecule has 0 saturated heterocycles. The van der Waals surface area contributed by atoms with Gasteiger partial charge in [-0.2, -0.15) is 0 Å². The molecule has 0 heterocycles. The molecule has 2 unspecified atom stereocenters. The smallest absolute Gasteiger partial charge is 0.317 e. The molecule has 0 aromatic heterocycles. The zero-order valence-corrected chi connectivity index (χ0v) is 12.0. The number of aliphatic hydroxyl groups excluding tert-OH is 1. The lowest BCUT2D eigenvalue weighted by atomic mass is 10.00. The number of carboxylic acid groups (broad SMARTS) is 1. The topological polar surface area (TPSA) is 78.8 Å². The normalized spacial score (nSPS) is 13.8. The van der Waals surface area contributed by atoms with E-state index < -0.39 is 12.1 Å². The van der Waals surface area contributed by atoms with Crippen molar-refractivity contribution in [3.05, 3.63) is 29.8 Å². The fourth-order valence-corrected chi connectivity index (χ4v) is 1.91. The minimum atomic E-state index is -0.932. The van der Waals surface area contributed by atoms with Crippen LogP contribution in [0.2, 0.25) is 0 Å². The molecule has 2 atom stereocenters. The molecular weight excluding hydrogens is 258 g/mol. The third-order valence-corrected chi connectivity index (χ3v) is 3.03. The first-order chi connectivity index (χ1) is 9.58. The van der Waals surface area contributed by atoms with Crippen molar-refractivity contribution in [1.29, 1.82) is 0 Å². The number of hydrogen-bond acceptors (Lipinski definition) is 4. The molecule has 5 nitrogen and oxygen atoms in total. The van der Waals surface area contributed by atoms with Gasteiger partial charge < -0.3 is 20.3 Å². The Bertz CT molecular complexity index is 405.